The van der Waals surface area contributed by atoms with E-state index in [1.54, 1.807) is 91.1 Å². The van der Waals surface area contributed by atoms with Crippen LogP contribution >= 0.6 is 0 Å². The second kappa shape index (κ2) is 54.0. The summed E-state index contributed by atoms with van der Waals surface area (Å²) in [5.41, 5.74) is 16.5. The SMILES string of the molecule is CC(=O)CCc1cn(-c2ccc(CC(=O)Cc3cccc(F)c3)cc2)nn1.CCCCc1cn(-c2ccc(CC(=O)Cc3cc(OC4CCCC4)ccc3C)cc2)nn1.CCCCc1cn(-c2ccc(CC(=O)Cc3cccc(F)c3)cc2)nn1.CCCCc1cn(-c2ccc(CC(=O)Cc3ccccc3C(F)(F)F)c(OC)c2)nn1.CCOCc1cn(-c2ccc(CC(=O)Cc3cccc(F)c3)cc2)nn1. The first-order valence-electron chi connectivity index (χ1n) is 48.1. The Bertz CT molecular complexity index is 6460. The van der Waals surface area contributed by atoms with Crippen molar-refractivity contribution in [3.63, 3.8) is 0 Å². The lowest BCUT2D eigenvalue weighted by molar-refractivity contribution is -0.138. The summed E-state index contributed by atoms with van der Waals surface area (Å²) in [6.07, 6.45) is 22.5. The highest BCUT2D eigenvalue weighted by atomic mass is 19.4. The van der Waals surface area contributed by atoms with Crippen LogP contribution in [0.3, 0.4) is 0 Å². The summed E-state index contributed by atoms with van der Waals surface area (Å²) in [4.78, 5) is 73.0. The quantitative estimate of drug-likeness (QED) is 0.0321. The Morgan fingerprint density at radius 1 is 0.366 bits per heavy atom. The van der Waals surface area contributed by atoms with Crippen LogP contribution in [-0.4, -0.2) is 129 Å². The smallest absolute Gasteiger partial charge is 0.416 e. The zero-order valence-electron chi connectivity index (χ0n) is 81.1. The number of hydrogen-bond acceptors (Lipinski definition) is 19. The van der Waals surface area contributed by atoms with E-state index in [9.17, 15) is 55.1 Å². The molecular weight excluding hydrogens is 1810 g/mol. The molecule has 0 unspecified atom stereocenters. The predicted molar refractivity (Wildman–Crippen MR) is 530 cm³/mol. The molecule has 142 heavy (non-hydrogen) atoms. The summed E-state index contributed by atoms with van der Waals surface area (Å²) in [7, 11) is 1.49. The van der Waals surface area contributed by atoms with Crippen molar-refractivity contribution in [2.75, 3.05) is 13.7 Å². The lowest BCUT2D eigenvalue weighted by atomic mass is 9.98. The molecule has 0 bridgehead atoms. The highest BCUT2D eigenvalue weighted by Crippen LogP contribution is 2.34. The summed E-state index contributed by atoms with van der Waals surface area (Å²) in [6.45, 7) is 13.0. The van der Waals surface area contributed by atoms with Gasteiger partial charge in [0.2, 0.25) is 0 Å². The third-order valence-electron chi connectivity index (χ3n) is 23.5. The minimum atomic E-state index is -4.50. The normalized spacial score (nSPS) is 11.7. The van der Waals surface area contributed by atoms with Gasteiger partial charge in [-0.3, -0.25) is 24.0 Å². The van der Waals surface area contributed by atoms with Crippen LogP contribution in [0.15, 0.2) is 262 Å². The molecule has 24 nitrogen and oxygen atoms in total. The maximum absolute atomic E-state index is 13.2. The molecule has 0 amide bonds. The number of halogens is 6. The lowest BCUT2D eigenvalue weighted by Crippen LogP contribution is -2.14. The molecule has 0 atom stereocenters. The number of benzene rings is 10. The molecule has 1 aliphatic rings. The summed E-state index contributed by atoms with van der Waals surface area (Å²) in [5.74, 6) is 0.529. The Hall–Kier alpha value is -14.9. The van der Waals surface area contributed by atoms with E-state index in [2.05, 4.69) is 91.4 Å². The molecule has 0 aliphatic heterocycles. The number of ketones is 6. The number of hydrogen-bond donors (Lipinski definition) is 0. The van der Waals surface area contributed by atoms with Crippen LogP contribution in [-0.2, 0) is 136 Å². The first-order chi connectivity index (χ1) is 68.7. The lowest BCUT2D eigenvalue weighted by Gasteiger charge is -2.15. The fourth-order valence-corrected chi connectivity index (χ4v) is 15.9. The zero-order chi connectivity index (χ0) is 101. The molecule has 10 aromatic carbocycles. The highest BCUT2D eigenvalue weighted by molar-refractivity contribution is 5.86. The van der Waals surface area contributed by atoms with Gasteiger partial charge in [-0.15, -0.1) is 25.5 Å². The molecule has 0 saturated heterocycles. The second-order valence-corrected chi connectivity index (χ2v) is 35.2. The van der Waals surface area contributed by atoms with Gasteiger partial charge in [0.1, 0.15) is 69.3 Å². The number of unbranched alkanes of at least 4 members (excludes halogenated alkanes) is 3. The van der Waals surface area contributed by atoms with Crippen LogP contribution in [0.5, 0.6) is 11.5 Å². The van der Waals surface area contributed by atoms with Gasteiger partial charge < -0.3 is 19.0 Å². The van der Waals surface area contributed by atoms with Gasteiger partial charge >= 0.3 is 6.18 Å². The van der Waals surface area contributed by atoms with E-state index in [0.717, 1.165) is 173 Å². The first-order valence-corrected chi connectivity index (χ1v) is 48.1. The fraction of sp³-hybridized carbons (Fsp3) is 0.321. The number of methoxy groups -OCH3 is 1. The third kappa shape index (κ3) is 34.3. The van der Waals surface area contributed by atoms with Crippen LogP contribution in [0.25, 0.3) is 28.4 Å². The maximum Gasteiger partial charge on any atom is 0.416 e. The number of aryl methyl sites for hydroxylation is 5. The summed E-state index contributed by atoms with van der Waals surface area (Å²) >= 11 is 0. The monoisotopic (exact) mass is 1930 g/mol. The molecular formula is C112H119F6N15O9. The van der Waals surface area contributed by atoms with E-state index in [-0.39, 0.29) is 96.2 Å². The summed E-state index contributed by atoms with van der Waals surface area (Å²) < 4.78 is 104. The number of alkyl halides is 3. The molecule has 738 valence electrons. The van der Waals surface area contributed by atoms with Crippen molar-refractivity contribution < 1.29 is 69.3 Å². The van der Waals surface area contributed by atoms with Gasteiger partial charge in [-0.2, -0.15) is 13.2 Å². The number of nitrogens with zero attached hydrogens (tertiary/aromatic N) is 15. The van der Waals surface area contributed by atoms with Crippen molar-refractivity contribution in [2.24, 2.45) is 0 Å². The zero-order valence-corrected chi connectivity index (χ0v) is 81.1. The average Bonchev–Trinajstić information content (AvgIpc) is 1.69. The number of carbonyl (C=O) groups is 6. The second-order valence-electron chi connectivity index (χ2n) is 35.2. The van der Waals surface area contributed by atoms with E-state index in [1.807, 2.05) is 135 Å². The van der Waals surface area contributed by atoms with Gasteiger partial charge in [-0.05, 0) is 256 Å². The average molecular weight is 1930 g/mol. The minimum Gasteiger partial charge on any atom is -0.496 e. The van der Waals surface area contributed by atoms with Crippen LogP contribution in [0, 0.1) is 24.4 Å². The minimum absolute atomic E-state index is 0.0284. The van der Waals surface area contributed by atoms with Crippen LogP contribution in [0.2, 0.25) is 0 Å². The van der Waals surface area contributed by atoms with Crippen molar-refractivity contribution in [3.05, 3.63) is 374 Å². The van der Waals surface area contributed by atoms with E-state index in [0.29, 0.717) is 85.8 Å². The first kappa shape index (κ1) is 106. The van der Waals surface area contributed by atoms with E-state index in [4.69, 9.17) is 14.2 Å². The number of rotatable bonds is 43. The fourth-order valence-electron chi connectivity index (χ4n) is 15.9. The summed E-state index contributed by atoms with van der Waals surface area (Å²) in [5, 5.41) is 41.4. The number of aromatic nitrogens is 15. The van der Waals surface area contributed by atoms with Crippen molar-refractivity contribution in [2.45, 2.75) is 221 Å². The topological polar surface area (TPSA) is 284 Å². The van der Waals surface area contributed by atoms with Crippen molar-refractivity contribution >= 4 is 34.7 Å². The van der Waals surface area contributed by atoms with Gasteiger partial charge in [0.25, 0.3) is 0 Å². The van der Waals surface area contributed by atoms with E-state index in [1.165, 1.54) is 74.5 Å². The predicted octanol–water partition coefficient (Wildman–Crippen LogP) is 21.3. The van der Waals surface area contributed by atoms with Gasteiger partial charge in [-0.25, -0.2) is 36.6 Å². The largest absolute Gasteiger partial charge is 0.496 e. The van der Waals surface area contributed by atoms with Gasteiger partial charge in [0.05, 0.1) is 108 Å². The van der Waals surface area contributed by atoms with Gasteiger partial charge in [0, 0.05) is 88.9 Å². The van der Waals surface area contributed by atoms with Crippen LogP contribution in [0.1, 0.15) is 200 Å². The van der Waals surface area contributed by atoms with Crippen molar-refractivity contribution in [3.8, 4) is 39.9 Å². The third-order valence-corrected chi connectivity index (χ3v) is 23.5. The molecule has 1 saturated carbocycles. The van der Waals surface area contributed by atoms with Gasteiger partial charge in [0.15, 0.2) is 0 Å². The molecule has 15 aromatic rings. The molecule has 0 spiro atoms. The van der Waals surface area contributed by atoms with Crippen LogP contribution < -0.4 is 9.47 Å². The number of ether oxygens (including phenoxy) is 3. The Balaban J connectivity index is 0.000000159. The maximum atomic E-state index is 13.2. The van der Waals surface area contributed by atoms with Crippen molar-refractivity contribution in [1.29, 1.82) is 0 Å². The molecule has 5 aromatic heterocycles. The molecule has 0 N–H and O–H groups in total. The molecule has 30 heteroatoms. The molecule has 16 rings (SSSR count). The standard InChI is InChI=1S/C27H33N3O2.C23H24F3N3O2.C21H20FN3O2.C21H22FN3O.C20H20FN3O2/c1-3-4-7-23-19-30(29-28-23)24-13-11-21(12-14-24)16-25(31)17-22-18-27(15-10-20(22)2)32-26-8-5-6-9-26;1-3-4-8-18-15-29(28-27-18)19-11-10-17(22(14-19)31-2)13-20(30)12-16-7-5-6-9-21(16)23(24,25)26;1-15(26)5-8-19-14-25(24-23-19)20-9-6-16(7-10-20)12-21(27)13-17-3-2-4-18(22)11-17;1-2-3-7-19-15-25(24-23-19)20-10-8-16(9-11-20)13-21(26)14-17-5-4-6-18(22)12-17;1-2-26-14-18-13-24(23-22-18)19-8-6-15(7-9-19)11-20(25)12-16-4-3-5-17(21)10-16/h10-15,18-19,26H,3-9,16-17H2,1-2H3;5-7,9-11,14-15H,3-4,8,12-13H2,1-2H3;2-4,6-7,9-11,14H,5,8,12-13H2,1H3;4-6,8-12,15H,2-3,7,13-14H2,1H3;3-10,13H,2,11-12,14H2,1H3. The van der Waals surface area contributed by atoms with Crippen LogP contribution in [0.4, 0.5) is 26.3 Å². The Kier molecular flexibility index (Phi) is 40.3. The Morgan fingerprint density at radius 3 is 1.11 bits per heavy atom. The molecule has 1 fully saturated rings. The molecule has 1 aliphatic carbocycles. The molecule has 0 radical (unpaired) electrons. The number of Topliss-reactive ketones (excluding diaryl/α,β-unsaturated/α-hetero) is 6. The molecule has 5 heterocycles. The Labute approximate surface area is 823 Å². The summed E-state index contributed by atoms with van der Waals surface area (Å²) in [6, 6.07) is 65.7. The van der Waals surface area contributed by atoms with Crippen molar-refractivity contribution in [1.82, 2.24) is 75.0 Å². The van der Waals surface area contributed by atoms with Gasteiger partial charge in [-0.1, -0.05) is 181 Å². The highest BCUT2D eigenvalue weighted by Gasteiger charge is 2.34. The van der Waals surface area contributed by atoms with E-state index < -0.39 is 11.7 Å². The number of carbonyl (C=O) groups excluding carboxylic acids is 6. The van der Waals surface area contributed by atoms with E-state index >= 15 is 0 Å². The Morgan fingerprint density at radius 2 is 0.718 bits per heavy atom.